The molecular weight excluding hydrogens is 258 g/mol. The molecule has 2 aromatic rings. The third kappa shape index (κ3) is 3.08. The van der Waals surface area contributed by atoms with Gasteiger partial charge in [0.2, 0.25) is 5.91 Å². The van der Waals surface area contributed by atoms with E-state index in [9.17, 15) is 14.7 Å². The van der Waals surface area contributed by atoms with E-state index in [1.165, 1.54) is 9.47 Å². The highest BCUT2D eigenvalue weighted by atomic mass is 16.3. The minimum absolute atomic E-state index is 0.000837. The van der Waals surface area contributed by atoms with E-state index in [-0.39, 0.29) is 18.1 Å². The first kappa shape index (κ1) is 14.3. The van der Waals surface area contributed by atoms with Crippen molar-refractivity contribution in [2.75, 3.05) is 13.6 Å². The van der Waals surface area contributed by atoms with Gasteiger partial charge in [-0.1, -0.05) is 12.1 Å². The van der Waals surface area contributed by atoms with Crippen LogP contribution in [0.5, 0.6) is 0 Å². The average molecular weight is 277 g/mol. The minimum Gasteiger partial charge on any atom is -0.393 e. The summed E-state index contributed by atoms with van der Waals surface area (Å²) in [7, 11) is 1.67. The number of imidazole rings is 1. The van der Waals surface area contributed by atoms with E-state index in [2.05, 4.69) is 4.98 Å². The van der Waals surface area contributed by atoms with Crippen molar-refractivity contribution in [3.63, 3.8) is 0 Å². The second-order valence-corrected chi connectivity index (χ2v) is 4.99. The number of benzene rings is 1. The zero-order valence-corrected chi connectivity index (χ0v) is 11.7. The van der Waals surface area contributed by atoms with Crippen LogP contribution >= 0.6 is 0 Å². The summed E-state index contributed by atoms with van der Waals surface area (Å²) < 4.78 is 1.43. The van der Waals surface area contributed by atoms with Crippen molar-refractivity contribution < 1.29 is 9.90 Å². The number of hydrogen-bond acceptors (Lipinski definition) is 3. The Morgan fingerprint density at radius 3 is 2.85 bits per heavy atom. The first-order valence-corrected chi connectivity index (χ1v) is 6.58. The molecule has 0 aliphatic rings. The van der Waals surface area contributed by atoms with Crippen LogP contribution in [-0.4, -0.2) is 45.2 Å². The van der Waals surface area contributed by atoms with E-state index in [1.807, 2.05) is 12.1 Å². The van der Waals surface area contributed by atoms with Gasteiger partial charge in [0.05, 0.1) is 17.1 Å². The summed E-state index contributed by atoms with van der Waals surface area (Å²) in [6.45, 7) is 2.15. The number of para-hydroxylation sites is 2. The molecule has 0 aliphatic carbocycles. The standard InChI is InChI=1S/C14H19N3O3/c1-10(18)7-8-16(2)13(19)9-17-12-6-4-3-5-11(12)15-14(17)20/h3-6,10,18H,7-9H2,1-2H3,(H,15,20). The molecule has 20 heavy (non-hydrogen) atoms. The quantitative estimate of drug-likeness (QED) is 0.838. The number of carbonyl (C=O) groups excluding carboxylic acids is 1. The lowest BCUT2D eigenvalue weighted by atomic mass is 10.2. The van der Waals surface area contributed by atoms with Crippen LogP contribution in [0, 0.1) is 0 Å². The van der Waals surface area contributed by atoms with E-state index >= 15 is 0 Å². The molecule has 0 aliphatic heterocycles. The first-order chi connectivity index (χ1) is 9.49. The Morgan fingerprint density at radius 1 is 1.45 bits per heavy atom. The SMILES string of the molecule is CC(O)CCN(C)C(=O)Cn1c(=O)[nH]c2ccccc21. The van der Waals surface area contributed by atoms with E-state index in [0.29, 0.717) is 13.0 Å². The monoisotopic (exact) mass is 277 g/mol. The zero-order valence-electron chi connectivity index (χ0n) is 11.7. The number of fused-ring (bicyclic) bond motifs is 1. The maximum absolute atomic E-state index is 12.1. The number of aromatic nitrogens is 2. The number of aromatic amines is 1. The van der Waals surface area contributed by atoms with E-state index in [4.69, 9.17) is 0 Å². The molecule has 1 aromatic carbocycles. The van der Waals surface area contributed by atoms with Gasteiger partial charge in [-0.25, -0.2) is 4.79 Å². The third-order valence-electron chi connectivity index (χ3n) is 3.28. The number of amides is 1. The van der Waals surface area contributed by atoms with Crippen LogP contribution in [-0.2, 0) is 11.3 Å². The van der Waals surface area contributed by atoms with Gasteiger partial charge >= 0.3 is 5.69 Å². The molecule has 0 saturated carbocycles. The van der Waals surface area contributed by atoms with Gasteiger partial charge in [0, 0.05) is 13.6 Å². The molecule has 2 N–H and O–H groups in total. The molecular formula is C14H19N3O3. The summed E-state index contributed by atoms with van der Waals surface area (Å²) >= 11 is 0. The third-order valence-corrected chi connectivity index (χ3v) is 3.28. The van der Waals surface area contributed by atoms with Crippen molar-refractivity contribution in [1.29, 1.82) is 0 Å². The first-order valence-electron chi connectivity index (χ1n) is 6.58. The average Bonchev–Trinajstić information content (AvgIpc) is 2.72. The molecule has 1 heterocycles. The Balaban J connectivity index is 2.14. The van der Waals surface area contributed by atoms with Gasteiger partial charge in [-0.05, 0) is 25.5 Å². The van der Waals surface area contributed by atoms with Crippen molar-refractivity contribution in [2.24, 2.45) is 0 Å². The van der Waals surface area contributed by atoms with Crippen LogP contribution in [0.4, 0.5) is 0 Å². The fourth-order valence-electron chi connectivity index (χ4n) is 2.02. The van der Waals surface area contributed by atoms with Gasteiger partial charge in [-0.15, -0.1) is 0 Å². The maximum atomic E-state index is 12.1. The summed E-state index contributed by atoms with van der Waals surface area (Å²) in [5.74, 6) is -0.155. The number of H-pyrrole nitrogens is 1. The molecule has 6 nitrogen and oxygen atoms in total. The number of carbonyl (C=O) groups is 1. The van der Waals surface area contributed by atoms with Crippen LogP contribution in [0.15, 0.2) is 29.1 Å². The predicted molar refractivity (Wildman–Crippen MR) is 76.5 cm³/mol. The normalized spacial score (nSPS) is 12.6. The number of aliphatic hydroxyl groups excluding tert-OH is 1. The van der Waals surface area contributed by atoms with Crippen molar-refractivity contribution >= 4 is 16.9 Å². The predicted octanol–water partition coefficient (Wildman–Crippen LogP) is 0.559. The summed E-state index contributed by atoms with van der Waals surface area (Å²) in [5.41, 5.74) is 1.15. The lowest BCUT2D eigenvalue weighted by Gasteiger charge is -2.18. The fraction of sp³-hybridized carbons (Fsp3) is 0.429. The topological polar surface area (TPSA) is 78.3 Å². The van der Waals surface area contributed by atoms with Gasteiger partial charge in [0.1, 0.15) is 6.54 Å². The molecule has 0 fully saturated rings. The Hall–Kier alpha value is -2.08. The Kier molecular flexibility index (Phi) is 4.24. The molecule has 0 saturated heterocycles. The number of nitrogens with one attached hydrogen (secondary N) is 1. The molecule has 0 radical (unpaired) electrons. The van der Waals surface area contributed by atoms with Crippen molar-refractivity contribution in [3.8, 4) is 0 Å². The second-order valence-electron chi connectivity index (χ2n) is 4.99. The van der Waals surface area contributed by atoms with Gasteiger partial charge in [-0.3, -0.25) is 9.36 Å². The minimum atomic E-state index is -0.443. The lowest BCUT2D eigenvalue weighted by Crippen LogP contribution is -2.34. The Bertz CT molecular complexity index is 657. The van der Waals surface area contributed by atoms with Gasteiger partial charge in [0.15, 0.2) is 0 Å². The smallest absolute Gasteiger partial charge is 0.326 e. The number of likely N-dealkylation sites (N-methyl/N-ethyl adjacent to an activating group) is 1. The molecule has 0 bridgehead atoms. The molecule has 6 heteroatoms. The van der Waals surface area contributed by atoms with Crippen LogP contribution in [0.1, 0.15) is 13.3 Å². The van der Waals surface area contributed by atoms with E-state index in [1.54, 1.807) is 26.1 Å². The van der Waals surface area contributed by atoms with Gasteiger partial charge in [0.25, 0.3) is 0 Å². The molecule has 1 amide bonds. The highest BCUT2D eigenvalue weighted by molar-refractivity contribution is 5.80. The van der Waals surface area contributed by atoms with Crippen LogP contribution in [0.3, 0.4) is 0 Å². The molecule has 1 atom stereocenters. The van der Waals surface area contributed by atoms with Crippen molar-refractivity contribution in [3.05, 3.63) is 34.7 Å². The molecule has 2 rings (SSSR count). The number of nitrogens with zero attached hydrogens (tertiary/aromatic N) is 2. The van der Waals surface area contributed by atoms with E-state index < -0.39 is 6.10 Å². The summed E-state index contributed by atoms with van der Waals surface area (Å²) in [6, 6.07) is 7.26. The number of hydrogen-bond donors (Lipinski definition) is 2. The second kappa shape index (κ2) is 5.92. The number of aliphatic hydroxyl groups is 1. The van der Waals surface area contributed by atoms with Crippen LogP contribution in [0.2, 0.25) is 0 Å². The Morgan fingerprint density at radius 2 is 2.15 bits per heavy atom. The van der Waals surface area contributed by atoms with Crippen LogP contribution < -0.4 is 5.69 Å². The van der Waals surface area contributed by atoms with Gasteiger partial charge < -0.3 is 15.0 Å². The summed E-state index contributed by atoms with van der Waals surface area (Å²) in [5, 5.41) is 9.23. The zero-order chi connectivity index (χ0) is 14.7. The molecule has 1 aromatic heterocycles. The van der Waals surface area contributed by atoms with Crippen molar-refractivity contribution in [2.45, 2.75) is 26.0 Å². The van der Waals surface area contributed by atoms with Gasteiger partial charge in [-0.2, -0.15) is 0 Å². The summed E-state index contributed by atoms with van der Waals surface area (Å²) in [6.07, 6.45) is 0.0754. The number of rotatable bonds is 5. The largest absolute Gasteiger partial charge is 0.393 e. The van der Waals surface area contributed by atoms with Crippen LogP contribution in [0.25, 0.3) is 11.0 Å². The lowest BCUT2D eigenvalue weighted by molar-refractivity contribution is -0.130. The Labute approximate surface area is 116 Å². The highest BCUT2D eigenvalue weighted by Gasteiger charge is 2.14. The van der Waals surface area contributed by atoms with Crippen molar-refractivity contribution in [1.82, 2.24) is 14.5 Å². The maximum Gasteiger partial charge on any atom is 0.326 e. The summed E-state index contributed by atoms with van der Waals surface area (Å²) in [4.78, 5) is 28.2. The molecule has 1 unspecified atom stereocenters. The molecule has 108 valence electrons. The van der Waals surface area contributed by atoms with E-state index in [0.717, 1.165) is 11.0 Å². The molecule has 0 spiro atoms. The highest BCUT2D eigenvalue weighted by Crippen LogP contribution is 2.09. The fourth-order valence-corrected chi connectivity index (χ4v) is 2.02.